The number of pyridine rings is 1. The minimum atomic E-state index is -0.456. The molecule has 0 unspecified atom stereocenters. The van der Waals surface area contributed by atoms with Crippen LogP contribution in [-0.4, -0.2) is 23.7 Å². The number of methoxy groups -OCH3 is 1. The minimum Gasteiger partial charge on any atom is -0.496 e. The van der Waals surface area contributed by atoms with Crippen molar-refractivity contribution in [2.24, 2.45) is 0 Å². The van der Waals surface area contributed by atoms with E-state index in [0.29, 0.717) is 34.0 Å². The van der Waals surface area contributed by atoms with Crippen LogP contribution < -0.4 is 20.2 Å². The van der Waals surface area contributed by atoms with E-state index in [0.717, 1.165) is 5.56 Å². The predicted molar refractivity (Wildman–Crippen MR) is 107 cm³/mol. The van der Waals surface area contributed by atoms with Gasteiger partial charge in [-0.3, -0.25) is 9.59 Å². The first-order chi connectivity index (χ1) is 13.5. The summed E-state index contributed by atoms with van der Waals surface area (Å²) in [5.74, 6) is 0.810. The molecule has 28 heavy (non-hydrogen) atoms. The summed E-state index contributed by atoms with van der Waals surface area (Å²) in [6, 6.07) is 10.8. The van der Waals surface area contributed by atoms with Crippen molar-refractivity contribution >= 4 is 28.4 Å². The van der Waals surface area contributed by atoms with Crippen molar-refractivity contribution < 1.29 is 14.3 Å². The van der Waals surface area contributed by atoms with Crippen molar-refractivity contribution in [3.05, 3.63) is 69.0 Å². The Morgan fingerprint density at radius 1 is 1.32 bits per heavy atom. The number of hydrogen-bond donors (Lipinski definition) is 1. The topological polar surface area (TPSA) is 69.6 Å². The monoisotopic (exact) mass is 398 g/mol. The second-order valence-electron chi connectivity index (χ2n) is 6.72. The van der Waals surface area contributed by atoms with Gasteiger partial charge in [-0.15, -0.1) is 0 Å². The lowest BCUT2D eigenvalue weighted by molar-refractivity contribution is 0.0948. The summed E-state index contributed by atoms with van der Waals surface area (Å²) in [4.78, 5) is 25.8. The normalized spacial score (nSPS) is 15.2. The van der Waals surface area contributed by atoms with Gasteiger partial charge in [-0.1, -0.05) is 29.8 Å². The van der Waals surface area contributed by atoms with Crippen LogP contribution in [-0.2, 0) is 13.1 Å². The maximum absolute atomic E-state index is 13.0. The zero-order valence-corrected chi connectivity index (χ0v) is 16.2. The van der Waals surface area contributed by atoms with Crippen LogP contribution in [0.15, 0.2) is 47.4 Å². The van der Waals surface area contributed by atoms with Crippen molar-refractivity contribution in [2.75, 3.05) is 7.11 Å². The Hall–Kier alpha value is -2.99. The van der Waals surface area contributed by atoms with E-state index < -0.39 is 11.3 Å². The van der Waals surface area contributed by atoms with Crippen LogP contribution in [0.4, 0.5) is 0 Å². The van der Waals surface area contributed by atoms with Crippen molar-refractivity contribution in [3.63, 3.8) is 0 Å². The van der Waals surface area contributed by atoms with E-state index in [1.165, 1.54) is 0 Å². The molecule has 1 aliphatic heterocycles. The summed E-state index contributed by atoms with van der Waals surface area (Å²) in [5, 5.41) is 3.41. The number of nitrogens with one attached hydrogen (secondary N) is 1. The molecule has 0 spiro atoms. The smallest absolute Gasteiger partial charge is 0.257 e. The number of carbonyl (C=O) groups is 1. The molecule has 1 N–H and O–H groups in total. The molecule has 7 heteroatoms. The van der Waals surface area contributed by atoms with Crippen molar-refractivity contribution in [3.8, 4) is 11.5 Å². The molecule has 2 heterocycles. The lowest BCUT2D eigenvalue weighted by atomic mass is 10.1. The second-order valence-corrected chi connectivity index (χ2v) is 7.12. The van der Waals surface area contributed by atoms with E-state index in [2.05, 4.69) is 5.32 Å². The summed E-state index contributed by atoms with van der Waals surface area (Å²) >= 11 is 6.30. The maximum atomic E-state index is 13.0. The first-order valence-electron chi connectivity index (χ1n) is 8.92. The quantitative estimate of drug-likeness (QED) is 0.731. The highest BCUT2D eigenvalue weighted by Gasteiger charge is 2.24. The molecule has 3 aromatic rings. The number of ether oxygens (including phenoxy) is 2. The van der Waals surface area contributed by atoms with Crippen LogP contribution in [0.5, 0.6) is 11.5 Å². The number of para-hydroxylation sites is 1. The maximum Gasteiger partial charge on any atom is 0.257 e. The first-order valence-corrected chi connectivity index (χ1v) is 9.29. The molecule has 0 bridgehead atoms. The Kier molecular flexibility index (Phi) is 4.73. The summed E-state index contributed by atoms with van der Waals surface area (Å²) in [5.41, 5.74) is 1.09. The van der Waals surface area contributed by atoms with Crippen LogP contribution in [0.2, 0.25) is 5.02 Å². The number of rotatable bonds is 4. The fraction of sp³-hybridized carbons (Fsp3) is 0.238. The molecule has 1 aromatic heterocycles. The Morgan fingerprint density at radius 3 is 2.89 bits per heavy atom. The summed E-state index contributed by atoms with van der Waals surface area (Å²) in [7, 11) is 1.57. The van der Waals surface area contributed by atoms with E-state index >= 15 is 0 Å². The van der Waals surface area contributed by atoms with Gasteiger partial charge in [-0.2, -0.15) is 0 Å². The van der Waals surface area contributed by atoms with Gasteiger partial charge in [0.05, 0.1) is 29.6 Å². The van der Waals surface area contributed by atoms with E-state index in [1.807, 2.05) is 35.8 Å². The summed E-state index contributed by atoms with van der Waals surface area (Å²) in [6.07, 6.45) is 1.50. The molecule has 4 rings (SSSR count). The highest BCUT2D eigenvalue weighted by Crippen LogP contribution is 2.33. The van der Waals surface area contributed by atoms with Gasteiger partial charge < -0.3 is 19.4 Å². The van der Waals surface area contributed by atoms with E-state index in [4.69, 9.17) is 21.1 Å². The highest BCUT2D eigenvalue weighted by molar-refractivity contribution is 6.35. The SMILES string of the molecule is COc1ccccc1CNC(=O)c1cn2c3c(ccc(Cl)c3c1=O)O[C@H](C)C2. The van der Waals surface area contributed by atoms with Crippen LogP contribution in [0.1, 0.15) is 22.8 Å². The third-order valence-corrected chi connectivity index (χ3v) is 5.11. The molecule has 1 atom stereocenters. The van der Waals surface area contributed by atoms with Crippen LogP contribution in [0, 0.1) is 0 Å². The van der Waals surface area contributed by atoms with Crippen molar-refractivity contribution in [2.45, 2.75) is 26.1 Å². The number of hydrogen-bond acceptors (Lipinski definition) is 4. The van der Waals surface area contributed by atoms with Gasteiger partial charge in [-0.05, 0) is 25.1 Å². The van der Waals surface area contributed by atoms with Gasteiger partial charge in [0, 0.05) is 18.3 Å². The fourth-order valence-corrected chi connectivity index (χ4v) is 3.75. The lowest BCUT2D eigenvalue weighted by Crippen LogP contribution is -2.32. The van der Waals surface area contributed by atoms with Crippen LogP contribution in [0.3, 0.4) is 0 Å². The molecular weight excluding hydrogens is 380 g/mol. The summed E-state index contributed by atoms with van der Waals surface area (Å²) < 4.78 is 13.0. The van der Waals surface area contributed by atoms with Gasteiger partial charge in [0.25, 0.3) is 5.91 Å². The van der Waals surface area contributed by atoms with Gasteiger partial charge in [-0.25, -0.2) is 0 Å². The molecule has 1 amide bonds. The molecule has 0 aliphatic carbocycles. The van der Waals surface area contributed by atoms with Gasteiger partial charge in [0.15, 0.2) is 0 Å². The molecule has 144 valence electrons. The van der Waals surface area contributed by atoms with Crippen molar-refractivity contribution in [1.82, 2.24) is 9.88 Å². The van der Waals surface area contributed by atoms with Crippen LogP contribution >= 0.6 is 11.6 Å². The van der Waals surface area contributed by atoms with Gasteiger partial charge >= 0.3 is 0 Å². The Bertz CT molecular complexity index is 1140. The summed E-state index contributed by atoms with van der Waals surface area (Å²) in [6.45, 7) is 2.70. The zero-order valence-electron chi connectivity index (χ0n) is 15.5. The second kappa shape index (κ2) is 7.20. The predicted octanol–water partition coefficient (Wildman–Crippen LogP) is 3.37. The molecule has 1 aliphatic rings. The minimum absolute atomic E-state index is 0.0514. The third kappa shape index (κ3) is 3.10. The number of benzene rings is 2. The molecular formula is C21H19ClN2O4. The standard InChI is InChI=1S/C21H19ClN2O4/c1-12-10-24-11-14(20(25)18-15(22)7-8-17(28-12)19(18)24)21(26)23-9-13-5-3-4-6-16(13)27-2/h3-8,11-12H,9-10H2,1-2H3,(H,23,26)/t12-/m1/s1. The Labute approximate surface area is 166 Å². The fourth-order valence-electron chi connectivity index (χ4n) is 3.51. The van der Waals surface area contributed by atoms with E-state index in [1.54, 1.807) is 25.4 Å². The lowest BCUT2D eigenvalue weighted by Gasteiger charge is -2.26. The molecule has 6 nitrogen and oxygen atoms in total. The molecule has 0 saturated carbocycles. The highest BCUT2D eigenvalue weighted by atomic mass is 35.5. The third-order valence-electron chi connectivity index (χ3n) is 4.79. The first kappa shape index (κ1) is 18.4. The van der Waals surface area contributed by atoms with Crippen LogP contribution in [0.25, 0.3) is 10.9 Å². The van der Waals surface area contributed by atoms with Crippen molar-refractivity contribution in [1.29, 1.82) is 0 Å². The number of nitrogens with zero attached hydrogens (tertiary/aromatic N) is 1. The molecule has 0 radical (unpaired) electrons. The average molecular weight is 399 g/mol. The largest absolute Gasteiger partial charge is 0.496 e. The van der Waals surface area contributed by atoms with E-state index in [9.17, 15) is 9.59 Å². The molecule has 0 saturated heterocycles. The molecule has 0 fully saturated rings. The Morgan fingerprint density at radius 2 is 2.11 bits per heavy atom. The number of carbonyl (C=O) groups excluding carboxylic acids is 1. The average Bonchev–Trinajstić information content (AvgIpc) is 2.69. The van der Waals surface area contributed by atoms with Gasteiger partial charge in [0.2, 0.25) is 5.43 Å². The Balaban J connectivity index is 1.73. The zero-order chi connectivity index (χ0) is 19.8. The molecule has 2 aromatic carbocycles. The number of halogens is 1. The van der Waals surface area contributed by atoms with Gasteiger partial charge in [0.1, 0.15) is 23.2 Å². The van der Waals surface area contributed by atoms with E-state index in [-0.39, 0.29) is 18.2 Å². The number of aromatic nitrogens is 1. The number of amides is 1.